The SMILES string of the molecule is CBCCCCCCCCCC1CC(C)CC1C. The molecular formula is C17H35B. The van der Waals surface area contributed by atoms with Gasteiger partial charge in [0.2, 0.25) is 0 Å². The molecule has 0 bridgehead atoms. The molecule has 0 aromatic rings. The van der Waals surface area contributed by atoms with E-state index in [9.17, 15) is 0 Å². The van der Waals surface area contributed by atoms with Gasteiger partial charge in [0.25, 0.3) is 0 Å². The number of hydrogen-bond donors (Lipinski definition) is 0. The molecule has 0 aromatic heterocycles. The Labute approximate surface area is 117 Å². The van der Waals surface area contributed by atoms with Gasteiger partial charge in [-0.15, -0.1) is 0 Å². The fourth-order valence-corrected chi connectivity index (χ4v) is 3.79. The van der Waals surface area contributed by atoms with Gasteiger partial charge in [-0.2, -0.15) is 0 Å². The van der Waals surface area contributed by atoms with Gasteiger partial charge in [0.1, 0.15) is 7.28 Å². The lowest BCUT2D eigenvalue weighted by atomic mass is 9.76. The van der Waals surface area contributed by atoms with Crippen LogP contribution in [0.3, 0.4) is 0 Å². The second kappa shape index (κ2) is 9.93. The van der Waals surface area contributed by atoms with Crippen LogP contribution in [0.2, 0.25) is 13.1 Å². The van der Waals surface area contributed by atoms with Crippen molar-refractivity contribution >= 4 is 7.28 Å². The first-order valence-corrected chi connectivity index (χ1v) is 8.74. The molecule has 0 aliphatic heterocycles. The van der Waals surface area contributed by atoms with E-state index in [1.165, 1.54) is 77.8 Å². The number of hydrogen-bond acceptors (Lipinski definition) is 0. The van der Waals surface area contributed by atoms with Gasteiger partial charge in [-0.05, 0) is 30.6 Å². The van der Waals surface area contributed by atoms with Crippen LogP contribution in [0.1, 0.15) is 78.1 Å². The molecule has 0 amide bonds. The molecule has 1 aliphatic carbocycles. The molecule has 18 heavy (non-hydrogen) atoms. The van der Waals surface area contributed by atoms with Crippen LogP contribution in [0.5, 0.6) is 0 Å². The highest BCUT2D eigenvalue weighted by atomic mass is 14.3. The van der Waals surface area contributed by atoms with Crippen molar-refractivity contribution in [2.75, 3.05) is 0 Å². The Hall–Kier alpha value is 0.0649. The largest absolute Gasteiger partial charge is 0.117 e. The summed E-state index contributed by atoms with van der Waals surface area (Å²) in [6, 6.07) is 0. The zero-order chi connectivity index (χ0) is 13.2. The second-order valence-corrected chi connectivity index (χ2v) is 6.93. The monoisotopic (exact) mass is 250 g/mol. The van der Waals surface area contributed by atoms with Crippen LogP contribution in [0.25, 0.3) is 0 Å². The van der Waals surface area contributed by atoms with E-state index in [1.54, 1.807) is 0 Å². The Morgan fingerprint density at radius 3 is 2.00 bits per heavy atom. The molecule has 1 fully saturated rings. The summed E-state index contributed by atoms with van der Waals surface area (Å²) in [7, 11) is 1.37. The minimum atomic E-state index is 1.00. The van der Waals surface area contributed by atoms with Crippen LogP contribution in [0, 0.1) is 17.8 Å². The first-order chi connectivity index (χ1) is 8.74. The molecule has 3 unspecified atom stereocenters. The summed E-state index contributed by atoms with van der Waals surface area (Å²) < 4.78 is 0. The van der Waals surface area contributed by atoms with Crippen molar-refractivity contribution < 1.29 is 0 Å². The highest BCUT2D eigenvalue weighted by Crippen LogP contribution is 2.38. The Bertz CT molecular complexity index is 190. The zero-order valence-electron chi connectivity index (χ0n) is 13.2. The maximum Gasteiger partial charge on any atom is 0.117 e. The van der Waals surface area contributed by atoms with E-state index in [1.807, 2.05) is 0 Å². The molecule has 0 radical (unpaired) electrons. The standard InChI is InChI=1S/C17H35B/c1-15-13-16(2)17(14-15)11-9-7-5-4-6-8-10-12-18-3/h15-18H,4-14H2,1-3H3. The summed E-state index contributed by atoms with van der Waals surface area (Å²) in [6.07, 6.45) is 16.3. The van der Waals surface area contributed by atoms with Crippen molar-refractivity contribution in [3.63, 3.8) is 0 Å². The van der Waals surface area contributed by atoms with E-state index in [0.29, 0.717) is 0 Å². The summed E-state index contributed by atoms with van der Waals surface area (Å²) >= 11 is 0. The lowest BCUT2D eigenvalue weighted by Gasteiger charge is -2.14. The van der Waals surface area contributed by atoms with E-state index in [4.69, 9.17) is 0 Å². The summed E-state index contributed by atoms with van der Waals surface area (Å²) in [5.74, 6) is 3.07. The smallest absolute Gasteiger partial charge is 0.0893 e. The maximum absolute atomic E-state index is 2.47. The highest BCUT2D eigenvalue weighted by Gasteiger charge is 2.27. The molecular weight excluding hydrogens is 215 g/mol. The zero-order valence-corrected chi connectivity index (χ0v) is 13.2. The van der Waals surface area contributed by atoms with Gasteiger partial charge in [0.05, 0.1) is 0 Å². The van der Waals surface area contributed by atoms with Crippen molar-refractivity contribution in [1.29, 1.82) is 0 Å². The van der Waals surface area contributed by atoms with Gasteiger partial charge < -0.3 is 0 Å². The van der Waals surface area contributed by atoms with Gasteiger partial charge >= 0.3 is 0 Å². The Balaban J connectivity index is 1.84. The number of unbranched alkanes of at least 4 members (excludes halogenated alkanes) is 6. The molecule has 1 saturated carbocycles. The van der Waals surface area contributed by atoms with Crippen LogP contribution >= 0.6 is 0 Å². The Morgan fingerprint density at radius 2 is 1.44 bits per heavy atom. The topological polar surface area (TPSA) is 0 Å². The van der Waals surface area contributed by atoms with Crippen LogP contribution < -0.4 is 0 Å². The molecule has 0 spiro atoms. The van der Waals surface area contributed by atoms with E-state index in [2.05, 4.69) is 20.7 Å². The van der Waals surface area contributed by atoms with Crippen LogP contribution in [-0.2, 0) is 0 Å². The normalized spacial score (nSPS) is 27.6. The minimum absolute atomic E-state index is 1.00. The van der Waals surface area contributed by atoms with Crippen molar-refractivity contribution in [2.45, 2.75) is 91.2 Å². The van der Waals surface area contributed by atoms with E-state index < -0.39 is 0 Å². The fourth-order valence-electron chi connectivity index (χ4n) is 3.79. The predicted molar refractivity (Wildman–Crippen MR) is 85.8 cm³/mol. The molecule has 1 aliphatic rings. The summed E-state index contributed by atoms with van der Waals surface area (Å²) in [4.78, 5) is 0. The maximum atomic E-state index is 2.47. The lowest BCUT2D eigenvalue weighted by molar-refractivity contribution is 0.372. The summed E-state index contributed by atoms with van der Waals surface area (Å²) in [5.41, 5.74) is 0. The molecule has 1 rings (SSSR count). The first kappa shape index (κ1) is 16.1. The van der Waals surface area contributed by atoms with E-state index in [-0.39, 0.29) is 0 Å². The minimum Gasteiger partial charge on any atom is -0.0893 e. The highest BCUT2D eigenvalue weighted by molar-refractivity contribution is 6.33. The van der Waals surface area contributed by atoms with Crippen molar-refractivity contribution in [3.8, 4) is 0 Å². The third-order valence-corrected chi connectivity index (χ3v) is 4.96. The fraction of sp³-hybridized carbons (Fsp3) is 1.00. The van der Waals surface area contributed by atoms with E-state index in [0.717, 1.165) is 17.8 Å². The molecule has 1 heteroatoms. The van der Waals surface area contributed by atoms with Crippen molar-refractivity contribution in [1.82, 2.24) is 0 Å². The predicted octanol–water partition coefficient (Wildman–Crippen LogP) is 5.69. The van der Waals surface area contributed by atoms with Crippen LogP contribution in [-0.4, -0.2) is 7.28 Å². The quantitative estimate of drug-likeness (QED) is 0.345. The van der Waals surface area contributed by atoms with E-state index >= 15 is 0 Å². The van der Waals surface area contributed by atoms with Crippen LogP contribution in [0.15, 0.2) is 0 Å². The molecule has 0 nitrogen and oxygen atoms in total. The molecule has 0 heterocycles. The second-order valence-electron chi connectivity index (χ2n) is 6.93. The third kappa shape index (κ3) is 6.85. The molecule has 0 saturated heterocycles. The van der Waals surface area contributed by atoms with Crippen molar-refractivity contribution in [2.24, 2.45) is 17.8 Å². The Morgan fingerprint density at radius 1 is 0.833 bits per heavy atom. The average molecular weight is 250 g/mol. The van der Waals surface area contributed by atoms with Crippen LogP contribution in [0.4, 0.5) is 0 Å². The molecule has 3 atom stereocenters. The summed E-state index contributed by atoms with van der Waals surface area (Å²) in [5, 5.41) is 0. The average Bonchev–Trinajstić information content (AvgIpc) is 2.66. The molecule has 106 valence electrons. The number of rotatable bonds is 10. The van der Waals surface area contributed by atoms with Gasteiger partial charge in [-0.1, -0.05) is 78.4 Å². The molecule has 0 N–H and O–H groups in total. The van der Waals surface area contributed by atoms with Gasteiger partial charge in [-0.25, -0.2) is 0 Å². The van der Waals surface area contributed by atoms with Gasteiger partial charge in [0.15, 0.2) is 0 Å². The lowest BCUT2D eigenvalue weighted by Crippen LogP contribution is -2.03. The van der Waals surface area contributed by atoms with Crippen molar-refractivity contribution in [3.05, 3.63) is 0 Å². The Kier molecular flexibility index (Phi) is 8.89. The van der Waals surface area contributed by atoms with Gasteiger partial charge in [0, 0.05) is 0 Å². The third-order valence-electron chi connectivity index (χ3n) is 4.96. The van der Waals surface area contributed by atoms with Gasteiger partial charge in [-0.3, -0.25) is 0 Å². The summed E-state index contributed by atoms with van der Waals surface area (Å²) in [6.45, 7) is 7.21. The molecule has 0 aromatic carbocycles. The first-order valence-electron chi connectivity index (χ1n) is 8.74.